The van der Waals surface area contributed by atoms with Gasteiger partial charge in [-0.1, -0.05) is 0 Å². The molecule has 0 saturated carbocycles. The molecule has 0 aliphatic rings. The molecule has 1 rings (SSSR count). The van der Waals surface area contributed by atoms with Gasteiger partial charge in [-0.05, 0) is 34.1 Å². The van der Waals surface area contributed by atoms with Crippen LogP contribution in [0.25, 0.3) is 0 Å². The van der Waals surface area contributed by atoms with Crippen LogP contribution < -0.4 is 0 Å². The molecular weight excluding hydrogens is 273 g/mol. The Morgan fingerprint density at radius 2 is 1.93 bits per heavy atom. The largest absolute Gasteiger partial charge is 0.243 e. The molecule has 0 aliphatic heterocycles. The van der Waals surface area contributed by atoms with E-state index in [1.54, 1.807) is 0 Å². The Bertz CT molecular complexity index is 445. The summed E-state index contributed by atoms with van der Waals surface area (Å²) in [5.74, 6) is -0.575. The van der Waals surface area contributed by atoms with Gasteiger partial charge >= 0.3 is 0 Å². The van der Waals surface area contributed by atoms with Crippen molar-refractivity contribution in [3.8, 4) is 0 Å². The molecule has 0 aliphatic carbocycles. The summed E-state index contributed by atoms with van der Waals surface area (Å²) in [4.78, 5) is -0.0671. The highest BCUT2D eigenvalue weighted by molar-refractivity contribution is 9.10. The molecule has 0 unspecified atom stereocenters. The number of hydrogen-bond donors (Lipinski definition) is 0. The number of nitrogens with zero attached hydrogens (tertiary/aromatic N) is 1. The third-order valence-corrected chi connectivity index (χ3v) is 4.46. The molecule has 0 aromatic heterocycles. The molecule has 0 heterocycles. The second kappa shape index (κ2) is 3.96. The summed E-state index contributed by atoms with van der Waals surface area (Å²) in [6.07, 6.45) is 0. The van der Waals surface area contributed by atoms with E-state index in [4.69, 9.17) is 0 Å². The first-order chi connectivity index (χ1) is 6.35. The summed E-state index contributed by atoms with van der Waals surface area (Å²) in [5, 5.41) is 0. The minimum atomic E-state index is -3.58. The third kappa shape index (κ3) is 2.13. The van der Waals surface area contributed by atoms with Crippen LogP contribution in [-0.2, 0) is 10.0 Å². The summed E-state index contributed by atoms with van der Waals surface area (Å²) in [5.41, 5.74) is 0. The van der Waals surface area contributed by atoms with E-state index < -0.39 is 15.8 Å². The monoisotopic (exact) mass is 281 g/mol. The Morgan fingerprint density at radius 3 is 2.43 bits per heavy atom. The molecule has 14 heavy (non-hydrogen) atoms. The lowest BCUT2D eigenvalue weighted by molar-refractivity contribution is 0.518. The highest BCUT2D eigenvalue weighted by Gasteiger charge is 2.20. The number of halogens is 2. The van der Waals surface area contributed by atoms with Gasteiger partial charge in [0.05, 0.1) is 4.90 Å². The number of rotatable bonds is 2. The van der Waals surface area contributed by atoms with Crippen molar-refractivity contribution in [1.82, 2.24) is 4.31 Å². The van der Waals surface area contributed by atoms with Crippen LogP contribution >= 0.6 is 15.9 Å². The molecule has 0 atom stereocenters. The maximum atomic E-state index is 12.8. The number of benzene rings is 1. The van der Waals surface area contributed by atoms with Crippen molar-refractivity contribution in [1.29, 1.82) is 0 Å². The van der Waals surface area contributed by atoms with Gasteiger partial charge in [-0.3, -0.25) is 0 Å². The first-order valence-corrected chi connectivity index (χ1v) is 5.96. The molecule has 3 nitrogen and oxygen atoms in total. The minimum Gasteiger partial charge on any atom is -0.207 e. The van der Waals surface area contributed by atoms with Crippen molar-refractivity contribution in [2.24, 2.45) is 0 Å². The van der Waals surface area contributed by atoms with Gasteiger partial charge in [-0.25, -0.2) is 17.1 Å². The van der Waals surface area contributed by atoms with Crippen LogP contribution in [0, 0.1) is 5.82 Å². The van der Waals surface area contributed by atoms with E-state index in [0.29, 0.717) is 4.47 Å². The van der Waals surface area contributed by atoms with E-state index in [-0.39, 0.29) is 4.90 Å². The van der Waals surface area contributed by atoms with Crippen LogP contribution in [0.4, 0.5) is 4.39 Å². The van der Waals surface area contributed by atoms with E-state index in [1.165, 1.54) is 26.2 Å². The zero-order chi connectivity index (χ0) is 10.9. The normalized spacial score (nSPS) is 12.1. The Labute approximate surface area is 90.7 Å². The van der Waals surface area contributed by atoms with Gasteiger partial charge < -0.3 is 0 Å². The lowest BCUT2D eigenvalue weighted by Gasteiger charge is -2.12. The van der Waals surface area contributed by atoms with Gasteiger partial charge in [0.2, 0.25) is 10.0 Å². The summed E-state index contributed by atoms with van der Waals surface area (Å²) >= 11 is 3.06. The van der Waals surface area contributed by atoms with Gasteiger partial charge in [0, 0.05) is 18.6 Å². The van der Waals surface area contributed by atoms with Crippen molar-refractivity contribution in [3.05, 3.63) is 28.5 Å². The van der Waals surface area contributed by atoms with E-state index in [0.717, 1.165) is 10.4 Å². The first-order valence-electron chi connectivity index (χ1n) is 3.73. The topological polar surface area (TPSA) is 37.4 Å². The van der Waals surface area contributed by atoms with Crippen molar-refractivity contribution in [2.45, 2.75) is 4.90 Å². The fourth-order valence-corrected chi connectivity index (χ4v) is 2.70. The SMILES string of the molecule is CN(C)S(=O)(=O)c1cc(F)ccc1Br. The third-order valence-electron chi connectivity index (χ3n) is 1.65. The molecule has 1 aromatic carbocycles. The van der Waals surface area contributed by atoms with Gasteiger partial charge in [0.15, 0.2) is 0 Å². The average Bonchev–Trinajstić information content (AvgIpc) is 2.08. The van der Waals surface area contributed by atoms with Gasteiger partial charge in [0.25, 0.3) is 0 Å². The fourth-order valence-electron chi connectivity index (χ4n) is 0.872. The minimum absolute atomic E-state index is 0.0671. The smallest absolute Gasteiger partial charge is 0.207 e. The van der Waals surface area contributed by atoms with Crippen molar-refractivity contribution in [2.75, 3.05) is 14.1 Å². The predicted molar refractivity (Wildman–Crippen MR) is 55.0 cm³/mol. The maximum absolute atomic E-state index is 12.8. The lowest BCUT2D eigenvalue weighted by atomic mass is 10.3. The lowest BCUT2D eigenvalue weighted by Crippen LogP contribution is -2.22. The van der Waals surface area contributed by atoms with E-state index in [9.17, 15) is 12.8 Å². The molecule has 0 fully saturated rings. The summed E-state index contributed by atoms with van der Waals surface area (Å²) in [6.45, 7) is 0. The van der Waals surface area contributed by atoms with Crippen LogP contribution in [-0.4, -0.2) is 26.8 Å². The van der Waals surface area contributed by atoms with Crippen LogP contribution in [0.3, 0.4) is 0 Å². The highest BCUT2D eigenvalue weighted by Crippen LogP contribution is 2.24. The molecule has 0 radical (unpaired) electrons. The van der Waals surface area contributed by atoms with E-state index >= 15 is 0 Å². The van der Waals surface area contributed by atoms with Crippen LogP contribution in [0.15, 0.2) is 27.6 Å². The first kappa shape index (κ1) is 11.6. The second-order valence-corrected chi connectivity index (χ2v) is 5.84. The quantitative estimate of drug-likeness (QED) is 0.830. The Hall–Kier alpha value is -0.460. The van der Waals surface area contributed by atoms with Gasteiger partial charge in [-0.2, -0.15) is 0 Å². The summed E-state index contributed by atoms with van der Waals surface area (Å²) in [7, 11) is -0.793. The highest BCUT2D eigenvalue weighted by atomic mass is 79.9. The number of sulfonamides is 1. The summed E-state index contributed by atoms with van der Waals surface area (Å²) in [6, 6.07) is 3.55. The summed E-state index contributed by atoms with van der Waals surface area (Å²) < 4.78 is 37.5. The standard InChI is InChI=1S/C8H9BrFNO2S/c1-11(2)14(12,13)8-5-6(10)3-4-7(8)9/h3-5H,1-2H3. The Kier molecular flexibility index (Phi) is 3.28. The van der Waals surface area contributed by atoms with Gasteiger partial charge in [-0.15, -0.1) is 0 Å². The van der Waals surface area contributed by atoms with Crippen molar-refractivity contribution < 1.29 is 12.8 Å². The maximum Gasteiger partial charge on any atom is 0.243 e. The molecule has 0 saturated heterocycles. The van der Waals surface area contributed by atoms with Crippen LogP contribution in [0.1, 0.15) is 0 Å². The van der Waals surface area contributed by atoms with Crippen LogP contribution in [0.2, 0.25) is 0 Å². The second-order valence-electron chi connectivity index (χ2n) is 2.86. The number of hydrogen-bond acceptors (Lipinski definition) is 2. The predicted octanol–water partition coefficient (Wildman–Crippen LogP) is 1.84. The van der Waals surface area contributed by atoms with Crippen LogP contribution in [0.5, 0.6) is 0 Å². The van der Waals surface area contributed by atoms with Gasteiger partial charge in [0.1, 0.15) is 5.82 Å². The zero-order valence-electron chi connectivity index (χ0n) is 7.66. The molecule has 0 N–H and O–H groups in total. The van der Waals surface area contributed by atoms with Crippen molar-refractivity contribution >= 4 is 26.0 Å². The molecule has 0 bridgehead atoms. The molecule has 78 valence electrons. The Balaban J connectivity index is 3.40. The molecule has 0 amide bonds. The van der Waals surface area contributed by atoms with E-state index in [1.807, 2.05) is 0 Å². The zero-order valence-corrected chi connectivity index (χ0v) is 10.1. The molecule has 0 spiro atoms. The fraction of sp³-hybridized carbons (Fsp3) is 0.250. The van der Waals surface area contributed by atoms with E-state index in [2.05, 4.69) is 15.9 Å². The molecule has 1 aromatic rings. The Morgan fingerprint density at radius 1 is 1.36 bits per heavy atom. The molecule has 6 heteroatoms. The average molecular weight is 282 g/mol. The van der Waals surface area contributed by atoms with Crippen molar-refractivity contribution in [3.63, 3.8) is 0 Å². The molecular formula is C8H9BrFNO2S.